The number of benzene rings is 10. The van der Waals surface area contributed by atoms with Gasteiger partial charge in [-0.15, -0.1) is 0 Å². The summed E-state index contributed by atoms with van der Waals surface area (Å²) >= 11 is 0. The molecule has 3 aromatic heterocycles. The first-order valence-electron chi connectivity index (χ1n) is 21.7. The predicted octanol–water partition coefficient (Wildman–Crippen LogP) is 15.0. The van der Waals surface area contributed by atoms with Gasteiger partial charge in [0.1, 0.15) is 0 Å². The topological polar surface area (TPSA) is 48.5 Å². The molecule has 5 heteroatoms. The molecule has 298 valence electrons. The lowest BCUT2D eigenvalue weighted by atomic mass is 9.94. The van der Waals surface area contributed by atoms with E-state index in [-0.39, 0.29) is 0 Å². The second-order valence-corrected chi connectivity index (χ2v) is 16.4. The van der Waals surface area contributed by atoms with Gasteiger partial charge in [0.15, 0.2) is 17.5 Å². The molecule has 0 aliphatic rings. The smallest absolute Gasteiger partial charge is 0.164 e. The van der Waals surface area contributed by atoms with Gasteiger partial charge in [-0.3, -0.25) is 0 Å². The molecule has 3 heterocycles. The van der Waals surface area contributed by atoms with Crippen molar-refractivity contribution in [2.75, 3.05) is 0 Å². The Labute approximate surface area is 368 Å². The Hall–Kier alpha value is -8.67. The number of hydrogen-bond acceptors (Lipinski definition) is 3. The van der Waals surface area contributed by atoms with Crippen LogP contribution in [0.1, 0.15) is 0 Å². The van der Waals surface area contributed by atoms with Crippen molar-refractivity contribution in [2.45, 2.75) is 0 Å². The molecular formula is C59H37N5. The SMILES string of the molecule is c1ccc(-c2nc(-c3ccccc3)nc(-c3cc(-n4c5ccccc5c5cc6c7c8ccccc8c(-c8ccccc8)cc7n(-c7ccccc7)c6cc54)cc4ccccc34)n2)cc1. The third-order valence-corrected chi connectivity index (χ3v) is 12.7. The van der Waals surface area contributed by atoms with E-state index >= 15 is 0 Å². The average molecular weight is 816 g/mol. The Morgan fingerprint density at radius 2 is 0.781 bits per heavy atom. The van der Waals surface area contributed by atoms with Gasteiger partial charge < -0.3 is 9.13 Å². The lowest BCUT2D eigenvalue weighted by Crippen LogP contribution is -2.02. The Morgan fingerprint density at radius 1 is 0.266 bits per heavy atom. The zero-order chi connectivity index (χ0) is 42.1. The van der Waals surface area contributed by atoms with Gasteiger partial charge in [-0.1, -0.05) is 176 Å². The summed E-state index contributed by atoms with van der Waals surface area (Å²) in [6.07, 6.45) is 0. The molecule has 64 heavy (non-hydrogen) atoms. The summed E-state index contributed by atoms with van der Waals surface area (Å²) in [7, 11) is 0. The van der Waals surface area contributed by atoms with Gasteiger partial charge in [-0.25, -0.2) is 15.0 Å². The van der Waals surface area contributed by atoms with E-state index in [0.717, 1.165) is 55.4 Å². The summed E-state index contributed by atoms with van der Waals surface area (Å²) in [5.74, 6) is 1.89. The highest BCUT2D eigenvalue weighted by Crippen LogP contribution is 2.45. The summed E-state index contributed by atoms with van der Waals surface area (Å²) in [5.41, 5.74) is 11.9. The molecule has 0 aliphatic heterocycles. The highest BCUT2D eigenvalue weighted by atomic mass is 15.0. The second-order valence-electron chi connectivity index (χ2n) is 16.4. The van der Waals surface area contributed by atoms with Crippen LogP contribution in [0.5, 0.6) is 0 Å². The first kappa shape index (κ1) is 36.0. The molecule has 0 atom stereocenters. The van der Waals surface area contributed by atoms with Crippen LogP contribution in [0.3, 0.4) is 0 Å². The maximum atomic E-state index is 5.23. The summed E-state index contributed by atoms with van der Waals surface area (Å²) in [5, 5.41) is 9.51. The Morgan fingerprint density at radius 3 is 1.47 bits per heavy atom. The van der Waals surface area contributed by atoms with Crippen LogP contribution in [-0.4, -0.2) is 24.1 Å². The monoisotopic (exact) mass is 815 g/mol. The van der Waals surface area contributed by atoms with Crippen LogP contribution in [0.4, 0.5) is 0 Å². The van der Waals surface area contributed by atoms with Crippen LogP contribution in [0, 0.1) is 0 Å². The predicted molar refractivity (Wildman–Crippen MR) is 265 cm³/mol. The van der Waals surface area contributed by atoms with Gasteiger partial charge in [-0.2, -0.15) is 0 Å². The van der Waals surface area contributed by atoms with E-state index in [9.17, 15) is 0 Å². The van der Waals surface area contributed by atoms with Crippen LogP contribution in [-0.2, 0) is 0 Å². The Bertz CT molecular complexity index is 3870. The fraction of sp³-hybridized carbons (Fsp3) is 0. The first-order valence-corrected chi connectivity index (χ1v) is 21.7. The zero-order valence-electron chi connectivity index (χ0n) is 34.6. The lowest BCUT2D eigenvalue weighted by molar-refractivity contribution is 1.07. The van der Waals surface area contributed by atoms with Crippen molar-refractivity contribution in [3.05, 3.63) is 224 Å². The zero-order valence-corrected chi connectivity index (χ0v) is 34.6. The second kappa shape index (κ2) is 14.5. The highest BCUT2D eigenvalue weighted by molar-refractivity contribution is 6.27. The molecule has 5 nitrogen and oxygen atoms in total. The summed E-state index contributed by atoms with van der Waals surface area (Å²) in [6, 6.07) is 80.0. The molecule has 0 amide bonds. The largest absolute Gasteiger partial charge is 0.309 e. The third kappa shape index (κ3) is 5.68. The van der Waals surface area contributed by atoms with Crippen molar-refractivity contribution in [2.24, 2.45) is 0 Å². The first-order chi connectivity index (χ1) is 31.7. The van der Waals surface area contributed by atoms with Crippen LogP contribution < -0.4 is 0 Å². The Kier molecular flexibility index (Phi) is 8.15. The van der Waals surface area contributed by atoms with Gasteiger partial charge in [0, 0.05) is 49.6 Å². The quantitative estimate of drug-likeness (QED) is 0.168. The lowest BCUT2D eigenvalue weighted by Gasteiger charge is -2.15. The van der Waals surface area contributed by atoms with Crippen LogP contribution in [0.2, 0.25) is 0 Å². The van der Waals surface area contributed by atoms with E-state index in [1.54, 1.807) is 0 Å². The molecule has 0 radical (unpaired) electrons. The van der Waals surface area contributed by atoms with Gasteiger partial charge in [0.05, 0.1) is 22.1 Å². The molecule has 0 unspecified atom stereocenters. The van der Waals surface area contributed by atoms with Crippen LogP contribution in [0.25, 0.3) is 122 Å². The van der Waals surface area contributed by atoms with E-state index in [4.69, 9.17) is 15.0 Å². The normalized spacial score (nSPS) is 11.8. The molecule has 0 aliphatic carbocycles. The van der Waals surface area contributed by atoms with E-state index < -0.39 is 0 Å². The average Bonchev–Trinajstić information content (AvgIpc) is 3.87. The molecule has 13 aromatic rings. The van der Waals surface area contributed by atoms with E-state index in [2.05, 4.69) is 197 Å². The molecule has 13 rings (SSSR count). The van der Waals surface area contributed by atoms with Crippen molar-refractivity contribution in [3.8, 4) is 56.7 Å². The maximum absolute atomic E-state index is 5.23. The van der Waals surface area contributed by atoms with Gasteiger partial charge in [0.25, 0.3) is 0 Å². The number of nitrogens with zero attached hydrogens (tertiary/aromatic N) is 5. The fourth-order valence-corrected chi connectivity index (χ4v) is 9.87. The van der Waals surface area contributed by atoms with E-state index in [1.807, 2.05) is 36.4 Å². The minimum absolute atomic E-state index is 0.624. The van der Waals surface area contributed by atoms with Crippen LogP contribution in [0.15, 0.2) is 224 Å². The maximum Gasteiger partial charge on any atom is 0.164 e. The number of fused-ring (bicyclic) bond motifs is 9. The molecule has 0 saturated carbocycles. The van der Waals surface area contributed by atoms with Crippen molar-refractivity contribution < 1.29 is 0 Å². The van der Waals surface area contributed by atoms with Gasteiger partial charge >= 0.3 is 0 Å². The van der Waals surface area contributed by atoms with Crippen LogP contribution >= 0.6 is 0 Å². The van der Waals surface area contributed by atoms with Crippen molar-refractivity contribution in [1.29, 1.82) is 0 Å². The van der Waals surface area contributed by atoms with E-state index in [1.165, 1.54) is 49.0 Å². The molecule has 0 fully saturated rings. The number of aromatic nitrogens is 5. The van der Waals surface area contributed by atoms with Gasteiger partial charge in [0.2, 0.25) is 0 Å². The molecular weight excluding hydrogens is 779 g/mol. The standard InChI is InChI=1S/C59H37N5/c1-5-19-38(20-6-1)48-36-55-56(47-31-16-15-29-45(47)48)51-35-49-46-30-17-18-32-52(46)64(53(49)37-54(51)63(55)42-26-11-4-12-27-42)43-33-41-25-13-14-28-44(41)50(34-43)59-61-57(39-21-7-2-8-22-39)60-58(62-59)40-23-9-3-10-24-40/h1-37H. The van der Waals surface area contributed by atoms with Crippen molar-refractivity contribution in [3.63, 3.8) is 0 Å². The molecule has 0 bridgehead atoms. The Balaban J connectivity index is 1.13. The van der Waals surface area contributed by atoms with Gasteiger partial charge in [-0.05, 0) is 81.2 Å². The number of rotatable bonds is 6. The fourth-order valence-electron chi connectivity index (χ4n) is 9.87. The van der Waals surface area contributed by atoms with E-state index in [0.29, 0.717) is 17.5 Å². The summed E-state index contributed by atoms with van der Waals surface area (Å²) in [6.45, 7) is 0. The minimum atomic E-state index is 0.624. The molecule has 0 N–H and O–H groups in total. The number of para-hydroxylation sites is 2. The minimum Gasteiger partial charge on any atom is -0.309 e. The number of hydrogen-bond donors (Lipinski definition) is 0. The van der Waals surface area contributed by atoms with Crippen molar-refractivity contribution >= 4 is 65.2 Å². The highest BCUT2D eigenvalue weighted by Gasteiger charge is 2.23. The molecule has 0 spiro atoms. The summed E-state index contributed by atoms with van der Waals surface area (Å²) in [4.78, 5) is 15.5. The molecule has 10 aromatic carbocycles. The van der Waals surface area contributed by atoms with Crippen molar-refractivity contribution in [1.82, 2.24) is 24.1 Å². The third-order valence-electron chi connectivity index (χ3n) is 12.7. The summed E-state index contributed by atoms with van der Waals surface area (Å²) < 4.78 is 4.88. The molecule has 0 saturated heterocycles.